The zero-order chi connectivity index (χ0) is 6.97. The third kappa shape index (κ3) is 0.586. The molecule has 0 saturated heterocycles. The van der Waals surface area contributed by atoms with E-state index < -0.39 is 0 Å². The van der Waals surface area contributed by atoms with Crippen LogP contribution in [0.3, 0.4) is 0 Å². The second kappa shape index (κ2) is 1.76. The van der Waals surface area contributed by atoms with E-state index in [4.69, 9.17) is 0 Å². The van der Waals surface area contributed by atoms with Gasteiger partial charge in [-0.25, -0.2) is 4.99 Å². The van der Waals surface area contributed by atoms with Crippen molar-refractivity contribution in [3.05, 3.63) is 11.8 Å². The Bertz CT molecular complexity index is 300. The van der Waals surface area contributed by atoms with Crippen LogP contribution in [0, 0.1) is 0 Å². The molecule has 2 rings (SSSR count). The summed E-state index contributed by atoms with van der Waals surface area (Å²) in [6, 6.07) is 0. The van der Waals surface area contributed by atoms with Crippen molar-refractivity contribution < 1.29 is 4.79 Å². The van der Waals surface area contributed by atoms with E-state index in [9.17, 15) is 4.79 Å². The van der Waals surface area contributed by atoms with Crippen molar-refractivity contribution in [3.63, 3.8) is 0 Å². The third-order valence-corrected chi connectivity index (χ3v) is 1.42. The number of H-pyrrole nitrogens is 1. The lowest BCUT2D eigenvalue weighted by Crippen LogP contribution is -2.01. The molecular formula is C6H5N3O. The van der Waals surface area contributed by atoms with Crippen LogP contribution in [0.15, 0.2) is 11.2 Å². The number of ketones is 1. The number of hydrogen-bond donors (Lipinski definition) is 1. The van der Waals surface area contributed by atoms with Gasteiger partial charge in [0, 0.05) is 12.6 Å². The van der Waals surface area contributed by atoms with E-state index in [0.717, 1.165) is 0 Å². The number of aromatic nitrogens is 2. The topological polar surface area (TPSA) is 58.1 Å². The lowest BCUT2D eigenvalue weighted by Gasteiger charge is -1.98. The molecule has 1 N–H and O–H groups in total. The number of hydrogen-bond acceptors (Lipinski definition) is 3. The molecule has 0 aromatic carbocycles. The molecular weight excluding hydrogens is 130 g/mol. The van der Waals surface area contributed by atoms with Crippen molar-refractivity contribution in [2.24, 2.45) is 4.99 Å². The molecule has 0 spiro atoms. The number of rotatable bonds is 0. The van der Waals surface area contributed by atoms with Crippen LogP contribution in [0.4, 0.5) is 5.82 Å². The predicted octanol–water partition coefficient (Wildman–Crippen LogP) is 0.698. The molecule has 0 saturated carbocycles. The molecule has 1 aromatic heterocycles. The summed E-state index contributed by atoms with van der Waals surface area (Å²) >= 11 is 0. The van der Waals surface area contributed by atoms with Crippen molar-refractivity contribution in [2.45, 2.75) is 6.42 Å². The van der Waals surface area contributed by atoms with Gasteiger partial charge in [-0.15, -0.1) is 0 Å². The van der Waals surface area contributed by atoms with Crippen LogP contribution < -0.4 is 0 Å². The molecule has 4 nitrogen and oxygen atoms in total. The zero-order valence-electron chi connectivity index (χ0n) is 5.16. The number of nitrogens with zero attached hydrogens (tertiary/aromatic N) is 2. The molecule has 0 fully saturated rings. The minimum atomic E-state index is 0.0822. The van der Waals surface area contributed by atoms with Crippen LogP contribution in [0.5, 0.6) is 0 Å². The minimum absolute atomic E-state index is 0.0822. The summed E-state index contributed by atoms with van der Waals surface area (Å²) < 4.78 is 0. The summed E-state index contributed by atoms with van der Waals surface area (Å²) in [6.45, 7) is 0. The molecule has 1 aliphatic rings. The largest absolute Gasteiger partial charge is 0.294 e. The molecule has 0 atom stereocenters. The zero-order valence-corrected chi connectivity index (χ0v) is 5.16. The molecule has 0 radical (unpaired) electrons. The lowest BCUT2D eigenvalue weighted by molar-refractivity contribution is 0.100. The van der Waals surface area contributed by atoms with E-state index in [1.807, 2.05) is 0 Å². The Kier molecular flexibility index (Phi) is 0.943. The highest BCUT2D eigenvalue weighted by Crippen LogP contribution is 2.19. The molecule has 0 aliphatic carbocycles. The van der Waals surface area contributed by atoms with Gasteiger partial charge >= 0.3 is 0 Å². The van der Waals surface area contributed by atoms with Crippen molar-refractivity contribution >= 4 is 17.8 Å². The van der Waals surface area contributed by atoms with Crippen molar-refractivity contribution in [3.8, 4) is 0 Å². The maximum absolute atomic E-state index is 11.0. The Balaban J connectivity index is 2.62. The highest BCUT2D eigenvalue weighted by Gasteiger charge is 2.14. The first kappa shape index (κ1) is 5.34. The van der Waals surface area contributed by atoms with Gasteiger partial charge in [-0.1, -0.05) is 0 Å². The molecule has 2 heterocycles. The number of carbonyl (C=O) groups is 1. The number of aromatic amines is 1. The SMILES string of the molecule is O=C1CC=Nc2[nH]ncc21. The number of fused-ring (bicyclic) bond motifs is 1. The van der Waals surface area contributed by atoms with Crippen LogP contribution in [0.2, 0.25) is 0 Å². The first-order chi connectivity index (χ1) is 4.88. The van der Waals surface area contributed by atoms with Gasteiger partial charge < -0.3 is 0 Å². The summed E-state index contributed by atoms with van der Waals surface area (Å²) in [5.41, 5.74) is 0.600. The van der Waals surface area contributed by atoms with Gasteiger partial charge in [-0.2, -0.15) is 5.10 Å². The normalized spacial score (nSPS) is 15.4. The number of aliphatic imine (C=N–C) groups is 1. The maximum Gasteiger partial charge on any atom is 0.173 e. The van der Waals surface area contributed by atoms with E-state index in [1.54, 1.807) is 6.21 Å². The Hall–Kier alpha value is -1.45. The van der Waals surface area contributed by atoms with Gasteiger partial charge in [-0.05, 0) is 0 Å². The molecule has 4 heteroatoms. The summed E-state index contributed by atoms with van der Waals surface area (Å²) in [6.07, 6.45) is 3.49. The van der Waals surface area contributed by atoms with Crippen molar-refractivity contribution in [2.75, 3.05) is 0 Å². The smallest absolute Gasteiger partial charge is 0.173 e. The maximum atomic E-state index is 11.0. The first-order valence-corrected chi connectivity index (χ1v) is 2.97. The second-order valence-corrected chi connectivity index (χ2v) is 2.07. The van der Waals surface area contributed by atoms with E-state index >= 15 is 0 Å². The Labute approximate surface area is 57.0 Å². The highest BCUT2D eigenvalue weighted by molar-refractivity contribution is 6.09. The number of nitrogens with one attached hydrogen (secondary N) is 1. The number of carbonyl (C=O) groups excluding carboxylic acids is 1. The van der Waals surface area contributed by atoms with Crippen molar-refractivity contribution in [1.29, 1.82) is 0 Å². The van der Waals surface area contributed by atoms with E-state index in [1.165, 1.54) is 6.20 Å². The average Bonchev–Trinajstić information content (AvgIpc) is 2.36. The van der Waals surface area contributed by atoms with Gasteiger partial charge in [0.1, 0.15) is 0 Å². The quantitative estimate of drug-likeness (QED) is 0.569. The van der Waals surface area contributed by atoms with E-state index in [2.05, 4.69) is 15.2 Å². The van der Waals surface area contributed by atoms with Gasteiger partial charge in [-0.3, -0.25) is 9.89 Å². The molecule has 10 heavy (non-hydrogen) atoms. The molecule has 0 amide bonds. The summed E-state index contributed by atoms with van der Waals surface area (Å²) in [7, 11) is 0. The highest BCUT2D eigenvalue weighted by atomic mass is 16.1. The Morgan fingerprint density at radius 2 is 2.50 bits per heavy atom. The Morgan fingerprint density at radius 1 is 1.60 bits per heavy atom. The summed E-state index contributed by atoms with van der Waals surface area (Å²) in [4.78, 5) is 14.9. The number of Topliss-reactive ketones (excluding diaryl/α,β-unsaturated/α-hetero) is 1. The van der Waals surface area contributed by atoms with Gasteiger partial charge in [0.2, 0.25) is 0 Å². The molecule has 0 bridgehead atoms. The van der Waals surface area contributed by atoms with E-state index in [-0.39, 0.29) is 5.78 Å². The average molecular weight is 135 g/mol. The summed E-state index contributed by atoms with van der Waals surface area (Å²) in [5.74, 6) is 0.662. The van der Waals surface area contributed by atoms with Crippen LogP contribution in [-0.4, -0.2) is 22.2 Å². The molecule has 50 valence electrons. The summed E-state index contributed by atoms with van der Waals surface area (Å²) in [5, 5.41) is 6.31. The van der Waals surface area contributed by atoms with Crippen LogP contribution in [0.1, 0.15) is 16.8 Å². The Morgan fingerprint density at radius 3 is 3.30 bits per heavy atom. The van der Waals surface area contributed by atoms with Crippen LogP contribution in [-0.2, 0) is 0 Å². The van der Waals surface area contributed by atoms with Crippen molar-refractivity contribution in [1.82, 2.24) is 10.2 Å². The minimum Gasteiger partial charge on any atom is -0.294 e. The monoisotopic (exact) mass is 135 g/mol. The van der Waals surface area contributed by atoms with Crippen LogP contribution >= 0.6 is 0 Å². The van der Waals surface area contributed by atoms with Crippen LogP contribution in [0.25, 0.3) is 0 Å². The molecule has 0 unspecified atom stereocenters. The van der Waals surface area contributed by atoms with E-state index in [0.29, 0.717) is 17.8 Å². The standard InChI is InChI=1S/C6H5N3O/c10-5-1-2-7-6-4(5)3-8-9-6/h2-3H,1H2,(H,8,9). The third-order valence-electron chi connectivity index (χ3n) is 1.42. The first-order valence-electron chi connectivity index (χ1n) is 2.97. The predicted molar refractivity (Wildman–Crippen MR) is 35.7 cm³/mol. The fourth-order valence-electron chi connectivity index (χ4n) is 0.912. The second-order valence-electron chi connectivity index (χ2n) is 2.07. The molecule has 1 aromatic rings. The van der Waals surface area contributed by atoms with Gasteiger partial charge in [0.15, 0.2) is 11.6 Å². The lowest BCUT2D eigenvalue weighted by atomic mass is 10.1. The fraction of sp³-hybridized carbons (Fsp3) is 0.167. The fourth-order valence-corrected chi connectivity index (χ4v) is 0.912. The molecule has 1 aliphatic heterocycles. The van der Waals surface area contributed by atoms with Gasteiger partial charge in [0.25, 0.3) is 0 Å². The van der Waals surface area contributed by atoms with Gasteiger partial charge in [0.05, 0.1) is 11.8 Å².